The second-order valence-electron chi connectivity index (χ2n) is 3.46. The van der Waals surface area contributed by atoms with Crippen LogP contribution in [0.3, 0.4) is 0 Å². The lowest BCUT2D eigenvalue weighted by atomic mass is 10.2. The summed E-state index contributed by atoms with van der Waals surface area (Å²) in [6.45, 7) is -0.883. The van der Waals surface area contributed by atoms with Gasteiger partial charge in [-0.1, -0.05) is 0 Å². The van der Waals surface area contributed by atoms with Crippen LogP contribution in [-0.4, -0.2) is 20.9 Å². The third-order valence-electron chi connectivity index (χ3n) is 2.28. The van der Waals surface area contributed by atoms with Crippen LogP contribution >= 0.6 is 0 Å². The van der Waals surface area contributed by atoms with E-state index >= 15 is 0 Å². The second-order valence-corrected chi connectivity index (χ2v) is 3.46. The molecule has 0 saturated heterocycles. The summed E-state index contributed by atoms with van der Waals surface area (Å²) in [6.07, 6.45) is -1.75. The van der Waals surface area contributed by atoms with Gasteiger partial charge >= 0.3 is 11.9 Å². The average Bonchev–Trinajstić information content (AvgIpc) is 2.66. The summed E-state index contributed by atoms with van der Waals surface area (Å²) in [4.78, 5) is 10.4. The van der Waals surface area contributed by atoms with Gasteiger partial charge in [-0.15, -0.1) is 0 Å². The van der Waals surface area contributed by atoms with Crippen molar-refractivity contribution >= 4 is 12.0 Å². The zero-order valence-electron chi connectivity index (χ0n) is 8.20. The molecule has 92 valence electrons. The lowest BCUT2D eigenvalue weighted by molar-refractivity contribution is -0.138. The van der Waals surface area contributed by atoms with Crippen molar-refractivity contribution in [1.29, 1.82) is 0 Å². The van der Waals surface area contributed by atoms with Gasteiger partial charge in [0.25, 0.3) is 6.43 Å². The Balaban J connectivity index is 2.57. The normalized spacial score (nSPS) is 16.5. The highest BCUT2D eigenvalue weighted by molar-refractivity contribution is 5.68. The number of allylic oxidation sites excluding steroid dienone is 1. The Kier molecular flexibility index (Phi) is 2.44. The molecule has 0 aromatic carbocycles. The molecule has 4 nitrogen and oxygen atoms in total. The van der Waals surface area contributed by atoms with Crippen LogP contribution in [0.1, 0.15) is 23.4 Å². The Bertz CT molecular complexity index is 507. The van der Waals surface area contributed by atoms with Gasteiger partial charge in [0.15, 0.2) is 0 Å². The molecule has 1 aliphatic carbocycles. The van der Waals surface area contributed by atoms with E-state index in [4.69, 9.17) is 5.11 Å². The summed E-state index contributed by atoms with van der Waals surface area (Å²) < 4.78 is 52.1. The molecule has 1 aromatic rings. The number of carboxylic acid groups (broad SMARTS) is 1. The van der Waals surface area contributed by atoms with Gasteiger partial charge in [0.1, 0.15) is 17.9 Å². The van der Waals surface area contributed by atoms with Crippen LogP contribution in [0.5, 0.6) is 0 Å². The summed E-state index contributed by atoms with van der Waals surface area (Å²) in [6, 6.07) is 0. The van der Waals surface area contributed by atoms with Crippen molar-refractivity contribution in [3.05, 3.63) is 23.0 Å². The lowest BCUT2D eigenvalue weighted by Crippen LogP contribution is -2.19. The molecule has 1 aliphatic rings. The first-order valence-electron chi connectivity index (χ1n) is 4.51. The summed E-state index contributed by atoms with van der Waals surface area (Å²) in [7, 11) is 0. The van der Waals surface area contributed by atoms with E-state index in [2.05, 4.69) is 5.10 Å². The number of carboxylic acids is 1. The van der Waals surface area contributed by atoms with Crippen LogP contribution < -0.4 is 0 Å². The van der Waals surface area contributed by atoms with Crippen molar-refractivity contribution in [2.45, 2.75) is 18.9 Å². The highest BCUT2D eigenvalue weighted by Crippen LogP contribution is 2.42. The van der Waals surface area contributed by atoms with E-state index in [1.807, 2.05) is 0 Å². The number of fused-ring (bicyclic) bond motifs is 1. The maximum absolute atomic E-state index is 13.3. The number of aliphatic carboxylic acids is 1. The third kappa shape index (κ3) is 1.79. The molecule has 0 amide bonds. The molecular weight excluding hydrogens is 244 g/mol. The number of carbonyl (C=O) groups is 1. The van der Waals surface area contributed by atoms with Crippen molar-refractivity contribution < 1.29 is 27.5 Å². The van der Waals surface area contributed by atoms with Gasteiger partial charge in [0, 0.05) is 5.56 Å². The fraction of sp³-hybridized carbons (Fsp3) is 0.333. The Labute approximate surface area is 92.2 Å². The SMILES string of the molecule is O=C(O)Cn1nc(C(F)F)c2c1C(F)(F)C=C2. The highest BCUT2D eigenvalue weighted by Gasteiger charge is 2.42. The van der Waals surface area contributed by atoms with Gasteiger partial charge in [-0.25, -0.2) is 8.78 Å². The van der Waals surface area contributed by atoms with Crippen LogP contribution in [0, 0.1) is 0 Å². The molecule has 0 spiro atoms. The van der Waals surface area contributed by atoms with E-state index < -0.39 is 41.8 Å². The van der Waals surface area contributed by atoms with E-state index in [9.17, 15) is 22.4 Å². The molecule has 0 atom stereocenters. The van der Waals surface area contributed by atoms with Gasteiger partial charge in [0.05, 0.1) is 0 Å². The van der Waals surface area contributed by atoms with Gasteiger partial charge in [-0.2, -0.15) is 13.9 Å². The molecule has 0 fully saturated rings. The molecule has 2 rings (SSSR count). The Morgan fingerprint density at radius 3 is 2.71 bits per heavy atom. The van der Waals surface area contributed by atoms with Gasteiger partial charge in [-0.05, 0) is 12.2 Å². The fourth-order valence-corrected chi connectivity index (χ4v) is 1.68. The fourth-order valence-electron chi connectivity index (χ4n) is 1.68. The number of alkyl halides is 4. The molecule has 0 radical (unpaired) electrons. The number of aromatic nitrogens is 2. The number of rotatable bonds is 3. The van der Waals surface area contributed by atoms with Gasteiger partial charge in [-0.3, -0.25) is 9.48 Å². The maximum Gasteiger partial charge on any atom is 0.325 e. The van der Waals surface area contributed by atoms with Gasteiger partial charge < -0.3 is 5.11 Å². The minimum Gasteiger partial charge on any atom is -0.480 e. The topological polar surface area (TPSA) is 55.1 Å². The van der Waals surface area contributed by atoms with E-state index in [-0.39, 0.29) is 0 Å². The Morgan fingerprint density at radius 2 is 2.18 bits per heavy atom. The zero-order valence-corrected chi connectivity index (χ0v) is 8.20. The zero-order chi connectivity index (χ0) is 12.8. The molecule has 8 heteroatoms. The van der Waals surface area contributed by atoms with Crippen LogP contribution in [0.15, 0.2) is 6.08 Å². The average molecular weight is 250 g/mol. The van der Waals surface area contributed by atoms with E-state index in [0.29, 0.717) is 10.8 Å². The molecule has 1 heterocycles. The first kappa shape index (κ1) is 11.6. The molecule has 17 heavy (non-hydrogen) atoms. The Hall–Kier alpha value is -1.86. The first-order valence-corrected chi connectivity index (χ1v) is 4.51. The lowest BCUT2D eigenvalue weighted by Gasteiger charge is -2.10. The van der Waals surface area contributed by atoms with E-state index in [1.54, 1.807) is 0 Å². The molecule has 0 bridgehead atoms. The standard InChI is InChI=1S/C9H6F4N2O2/c10-8(11)6-4-1-2-9(12,13)7(4)15(14-6)3-5(16)17/h1-2,8H,3H2,(H,16,17). The van der Waals surface area contributed by atoms with Crippen LogP contribution in [0.4, 0.5) is 17.6 Å². The molecular formula is C9H6F4N2O2. The van der Waals surface area contributed by atoms with Crippen molar-refractivity contribution in [3.63, 3.8) is 0 Å². The van der Waals surface area contributed by atoms with E-state index in [0.717, 1.165) is 6.08 Å². The molecule has 1 aromatic heterocycles. The molecule has 1 N–H and O–H groups in total. The predicted octanol–water partition coefficient (Wildman–Crippen LogP) is 2.02. The smallest absolute Gasteiger partial charge is 0.325 e. The first-order chi connectivity index (χ1) is 7.83. The minimum atomic E-state index is -3.47. The summed E-state index contributed by atoms with van der Waals surface area (Å²) in [5.41, 5.74) is -2.02. The van der Waals surface area contributed by atoms with Crippen molar-refractivity contribution in [3.8, 4) is 0 Å². The van der Waals surface area contributed by atoms with Crippen LogP contribution in [0.25, 0.3) is 6.08 Å². The van der Waals surface area contributed by atoms with Gasteiger partial charge in [0.2, 0.25) is 0 Å². The van der Waals surface area contributed by atoms with Crippen molar-refractivity contribution in [2.75, 3.05) is 0 Å². The number of hydrogen-bond acceptors (Lipinski definition) is 2. The predicted molar refractivity (Wildman–Crippen MR) is 47.7 cm³/mol. The summed E-state index contributed by atoms with van der Waals surface area (Å²) in [5, 5.41) is 11.7. The van der Waals surface area contributed by atoms with E-state index in [1.165, 1.54) is 0 Å². The largest absolute Gasteiger partial charge is 0.480 e. The third-order valence-corrected chi connectivity index (χ3v) is 2.28. The monoisotopic (exact) mass is 250 g/mol. The molecule has 0 saturated carbocycles. The number of halogens is 4. The maximum atomic E-state index is 13.3. The minimum absolute atomic E-state index is 0.397. The molecule has 0 unspecified atom stereocenters. The Morgan fingerprint density at radius 1 is 1.53 bits per heavy atom. The summed E-state index contributed by atoms with van der Waals surface area (Å²) in [5.74, 6) is -4.90. The molecule has 0 aliphatic heterocycles. The highest BCUT2D eigenvalue weighted by atomic mass is 19.3. The van der Waals surface area contributed by atoms with Crippen molar-refractivity contribution in [2.24, 2.45) is 0 Å². The second kappa shape index (κ2) is 3.57. The number of hydrogen-bond donors (Lipinski definition) is 1. The quantitative estimate of drug-likeness (QED) is 0.835. The van der Waals surface area contributed by atoms with Crippen molar-refractivity contribution in [1.82, 2.24) is 9.78 Å². The number of nitrogens with zero attached hydrogens (tertiary/aromatic N) is 2. The van der Waals surface area contributed by atoms with Crippen LogP contribution in [0.2, 0.25) is 0 Å². The summed E-state index contributed by atoms with van der Waals surface area (Å²) >= 11 is 0. The van der Waals surface area contributed by atoms with Crippen LogP contribution in [-0.2, 0) is 17.3 Å².